The van der Waals surface area contributed by atoms with Crippen LogP contribution in [-0.2, 0) is 16.1 Å². The summed E-state index contributed by atoms with van der Waals surface area (Å²) in [5.41, 5.74) is 1.71. The molecule has 160 valence electrons. The van der Waals surface area contributed by atoms with Crippen molar-refractivity contribution in [2.24, 2.45) is 0 Å². The van der Waals surface area contributed by atoms with E-state index in [0.717, 1.165) is 25.8 Å². The number of nitrogens with one attached hydrogen (secondary N) is 1. The van der Waals surface area contributed by atoms with Crippen LogP contribution in [0.1, 0.15) is 58.4 Å². The summed E-state index contributed by atoms with van der Waals surface area (Å²) in [5, 5.41) is 2.32. The molecule has 3 heterocycles. The summed E-state index contributed by atoms with van der Waals surface area (Å²) in [6, 6.07) is 4.71. The summed E-state index contributed by atoms with van der Waals surface area (Å²) in [6.07, 6.45) is 3.58. The van der Waals surface area contributed by atoms with E-state index < -0.39 is 11.9 Å². The number of imide groups is 1. The number of carbonyl (C=O) groups is 4. The lowest BCUT2D eigenvalue weighted by Crippen LogP contribution is -2.52. The van der Waals surface area contributed by atoms with Gasteiger partial charge in [0.05, 0.1) is 0 Å². The molecule has 0 bridgehead atoms. The Morgan fingerprint density at radius 1 is 1.17 bits per heavy atom. The van der Waals surface area contributed by atoms with Crippen LogP contribution in [0.25, 0.3) is 0 Å². The van der Waals surface area contributed by atoms with Gasteiger partial charge in [-0.15, -0.1) is 0 Å². The van der Waals surface area contributed by atoms with Gasteiger partial charge in [0, 0.05) is 43.2 Å². The highest BCUT2D eigenvalue weighted by molar-refractivity contribution is 6.07. The van der Waals surface area contributed by atoms with E-state index in [0.29, 0.717) is 29.7 Å². The molecule has 2 unspecified atom stereocenters. The predicted octanol–water partition coefficient (Wildman–Crippen LogP) is 1.00. The van der Waals surface area contributed by atoms with Crippen molar-refractivity contribution < 1.29 is 19.2 Å². The molecule has 3 aliphatic heterocycles. The van der Waals surface area contributed by atoms with Gasteiger partial charge in [-0.2, -0.15) is 0 Å². The molecule has 2 atom stereocenters. The van der Waals surface area contributed by atoms with E-state index in [1.165, 1.54) is 4.90 Å². The number of hydrogen-bond acceptors (Lipinski definition) is 5. The molecule has 3 aliphatic rings. The van der Waals surface area contributed by atoms with Crippen LogP contribution in [0.4, 0.5) is 0 Å². The first-order valence-corrected chi connectivity index (χ1v) is 10.6. The van der Waals surface area contributed by atoms with Gasteiger partial charge >= 0.3 is 0 Å². The quantitative estimate of drug-likeness (QED) is 0.746. The molecule has 0 spiro atoms. The van der Waals surface area contributed by atoms with E-state index in [-0.39, 0.29) is 36.7 Å². The molecule has 1 aromatic carbocycles. The molecule has 0 aromatic heterocycles. The van der Waals surface area contributed by atoms with Gasteiger partial charge < -0.3 is 14.7 Å². The second-order valence-corrected chi connectivity index (χ2v) is 8.64. The van der Waals surface area contributed by atoms with Crippen LogP contribution in [0.15, 0.2) is 18.2 Å². The van der Waals surface area contributed by atoms with Gasteiger partial charge in [-0.3, -0.25) is 24.5 Å². The number of carbonyl (C=O) groups excluding carboxylic acids is 4. The molecule has 2 saturated heterocycles. The first-order chi connectivity index (χ1) is 14.4. The fourth-order valence-electron chi connectivity index (χ4n) is 4.82. The summed E-state index contributed by atoms with van der Waals surface area (Å²) in [7, 11) is 4.02. The first kappa shape index (κ1) is 20.5. The Balaban J connectivity index is 1.60. The van der Waals surface area contributed by atoms with Crippen molar-refractivity contribution in [2.45, 2.75) is 50.7 Å². The van der Waals surface area contributed by atoms with Crippen molar-refractivity contribution in [3.05, 3.63) is 34.9 Å². The van der Waals surface area contributed by atoms with E-state index in [1.807, 2.05) is 19.0 Å². The van der Waals surface area contributed by atoms with Gasteiger partial charge in [-0.05, 0) is 57.5 Å². The summed E-state index contributed by atoms with van der Waals surface area (Å²) in [5.74, 6) is -1.05. The normalized spacial score (nSPS) is 24.3. The monoisotopic (exact) mass is 412 g/mol. The van der Waals surface area contributed by atoms with E-state index in [9.17, 15) is 19.2 Å². The zero-order valence-corrected chi connectivity index (χ0v) is 17.5. The minimum absolute atomic E-state index is 0.0451. The van der Waals surface area contributed by atoms with Gasteiger partial charge in [-0.1, -0.05) is 6.07 Å². The average molecular weight is 412 g/mol. The van der Waals surface area contributed by atoms with Crippen LogP contribution >= 0.6 is 0 Å². The number of hydrogen-bond donors (Lipinski definition) is 1. The SMILES string of the molecule is CN(C)CC1CCCCN1C(=O)c1cccc2c1CN(C1CCC(=O)NC1=O)C2=O. The predicted molar refractivity (Wildman–Crippen MR) is 110 cm³/mol. The Kier molecular flexibility index (Phi) is 5.60. The Bertz CT molecular complexity index is 897. The van der Waals surface area contributed by atoms with Crippen molar-refractivity contribution in [3.63, 3.8) is 0 Å². The fourth-order valence-corrected chi connectivity index (χ4v) is 4.82. The second kappa shape index (κ2) is 8.18. The van der Waals surface area contributed by atoms with Crippen molar-refractivity contribution in [1.82, 2.24) is 20.0 Å². The molecule has 4 rings (SSSR count). The van der Waals surface area contributed by atoms with Crippen LogP contribution in [-0.4, -0.2) is 77.6 Å². The van der Waals surface area contributed by atoms with Crippen molar-refractivity contribution in [1.29, 1.82) is 0 Å². The smallest absolute Gasteiger partial charge is 0.255 e. The number of fused-ring (bicyclic) bond motifs is 1. The summed E-state index contributed by atoms with van der Waals surface area (Å²) in [4.78, 5) is 55.8. The minimum Gasteiger partial charge on any atom is -0.334 e. The van der Waals surface area contributed by atoms with Crippen molar-refractivity contribution >= 4 is 23.6 Å². The lowest BCUT2D eigenvalue weighted by atomic mass is 9.97. The van der Waals surface area contributed by atoms with Crippen molar-refractivity contribution in [2.75, 3.05) is 27.2 Å². The third kappa shape index (κ3) is 3.71. The maximum absolute atomic E-state index is 13.5. The Morgan fingerprint density at radius 3 is 2.70 bits per heavy atom. The number of nitrogens with zero attached hydrogens (tertiary/aromatic N) is 3. The number of amides is 4. The maximum atomic E-state index is 13.5. The lowest BCUT2D eigenvalue weighted by molar-refractivity contribution is -0.136. The largest absolute Gasteiger partial charge is 0.334 e. The van der Waals surface area contributed by atoms with Crippen LogP contribution in [0.5, 0.6) is 0 Å². The molecule has 8 heteroatoms. The number of likely N-dealkylation sites (N-methyl/N-ethyl adjacent to an activating group) is 1. The third-order valence-corrected chi connectivity index (χ3v) is 6.28. The summed E-state index contributed by atoms with van der Waals surface area (Å²) < 4.78 is 0. The van der Waals surface area contributed by atoms with Crippen LogP contribution < -0.4 is 5.32 Å². The van der Waals surface area contributed by atoms with Gasteiger partial charge in [0.25, 0.3) is 11.8 Å². The molecule has 2 fully saturated rings. The number of rotatable bonds is 4. The molecule has 4 amide bonds. The van der Waals surface area contributed by atoms with Crippen molar-refractivity contribution in [3.8, 4) is 0 Å². The van der Waals surface area contributed by atoms with Gasteiger partial charge in [-0.25, -0.2) is 0 Å². The fraction of sp³-hybridized carbons (Fsp3) is 0.545. The Hall–Kier alpha value is -2.74. The second-order valence-electron chi connectivity index (χ2n) is 8.64. The molecule has 0 saturated carbocycles. The van der Waals surface area contributed by atoms with Crippen LogP contribution in [0.3, 0.4) is 0 Å². The molecular weight excluding hydrogens is 384 g/mol. The molecule has 0 radical (unpaired) electrons. The molecule has 0 aliphatic carbocycles. The van der Waals surface area contributed by atoms with Gasteiger partial charge in [0.2, 0.25) is 11.8 Å². The first-order valence-electron chi connectivity index (χ1n) is 10.6. The van der Waals surface area contributed by atoms with E-state index in [1.54, 1.807) is 18.2 Å². The molecule has 1 aromatic rings. The summed E-state index contributed by atoms with van der Waals surface area (Å²) >= 11 is 0. The summed E-state index contributed by atoms with van der Waals surface area (Å²) in [6.45, 7) is 1.74. The van der Waals surface area contributed by atoms with Gasteiger partial charge in [0.1, 0.15) is 6.04 Å². The standard InChI is InChI=1S/C22H28N4O4/c1-24(2)12-14-6-3-4-11-25(14)21(29)15-7-5-8-16-17(15)13-26(22(16)30)18-9-10-19(27)23-20(18)28/h5,7-8,14,18H,3-4,6,9-13H2,1-2H3,(H,23,27,28). The Labute approximate surface area is 176 Å². The van der Waals surface area contributed by atoms with Crippen LogP contribution in [0.2, 0.25) is 0 Å². The zero-order valence-electron chi connectivity index (χ0n) is 17.5. The third-order valence-electron chi connectivity index (χ3n) is 6.28. The molecule has 8 nitrogen and oxygen atoms in total. The highest BCUT2D eigenvalue weighted by atomic mass is 16.2. The lowest BCUT2D eigenvalue weighted by Gasteiger charge is -2.37. The molecular formula is C22H28N4O4. The maximum Gasteiger partial charge on any atom is 0.255 e. The topological polar surface area (TPSA) is 90.0 Å². The molecule has 30 heavy (non-hydrogen) atoms. The van der Waals surface area contributed by atoms with Gasteiger partial charge in [0.15, 0.2) is 0 Å². The zero-order chi connectivity index (χ0) is 21.4. The number of benzene rings is 1. The minimum atomic E-state index is -0.679. The van der Waals surface area contributed by atoms with E-state index >= 15 is 0 Å². The average Bonchev–Trinajstić information content (AvgIpc) is 3.04. The van der Waals surface area contributed by atoms with E-state index in [2.05, 4.69) is 10.2 Å². The number of likely N-dealkylation sites (tertiary alicyclic amines) is 1. The highest BCUT2D eigenvalue weighted by Gasteiger charge is 2.41. The molecule has 1 N–H and O–H groups in total. The van der Waals surface area contributed by atoms with Crippen LogP contribution in [0, 0.1) is 0 Å². The Morgan fingerprint density at radius 2 is 1.97 bits per heavy atom. The number of piperidine rings is 2. The highest BCUT2D eigenvalue weighted by Crippen LogP contribution is 2.31. The van der Waals surface area contributed by atoms with E-state index in [4.69, 9.17) is 0 Å².